The summed E-state index contributed by atoms with van der Waals surface area (Å²) in [4.78, 5) is 22.0. The van der Waals surface area contributed by atoms with Crippen LogP contribution in [0.25, 0.3) is 0 Å². The van der Waals surface area contributed by atoms with Crippen molar-refractivity contribution in [1.82, 2.24) is 5.32 Å². The van der Waals surface area contributed by atoms with Crippen molar-refractivity contribution in [2.75, 3.05) is 0 Å². The van der Waals surface area contributed by atoms with Crippen LogP contribution in [0.15, 0.2) is 16.7 Å². The van der Waals surface area contributed by atoms with Crippen molar-refractivity contribution in [3.63, 3.8) is 0 Å². The van der Waals surface area contributed by atoms with Crippen LogP contribution in [0.5, 0.6) is 5.75 Å². The minimum absolute atomic E-state index is 0.116. The van der Waals surface area contributed by atoms with Crippen LogP contribution in [0.2, 0.25) is 0 Å². The summed E-state index contributed by atoms with van der Waals surface area (Å²) >= 11 is 0. The smallest absolute Gasteiger partial charge is 0.455 e. The molecule has 0 saturated carbocycles. The molecule has 1 aromatic heterocycles. The molecule has 0 aliphatic heterocycles. The number of carbonyl (C=O) groups excluding carboxylic acids is 1. The highest BCUT2D eigenvalue weighted by molar-refractivity contribution is 5.95. The fraction of sp³-hybridized carbons (Fsp3) is 0.400. The molecule has 0 spiro atoms. The van der Waals surface area contributed by atoms with Crippen LogP contribution in [0, 0.1) is 0 Å². The van der Waals surface area contributed by atoms with Gasteiger partial charge in [-0.2, -0.15) is 0 Å². The van der Waals surface area contributed by atoms with E-state index in [4.69, 9.17) is 9.52 Å². The second kappa shape index (κ2) is 4.26. The molecule has 0 saturated heterocycles. The van der Waals surface area contributed by atoms with Crippen LogP contribution in [-0.4, -0.2) is 22.7 Å². The predicted octanol–water partition coefficient (Wildman–Crippen LogP) is 1.86. The standard InChI is InChI=1S/C10H13NO5/c1-10(2,3)11-8(12)7-6(4-5-15-7)16-9(13)14/h4-5H,1-3H3,(H,11,12)(H,13,14). The van der Waals surface area contributed by atoms with E-state index in [0.717, 1.165) is 0 Å². The van der Waals surface area contributed by atoms with Crippen LogP contribution >= 0.6 is 0 Å². The molecule has 6 heteroatoms. The molecule has 0 aliphatic carbocycles. The van der Waals surface area contributed by atoms with E-state index in [-0.39, 0.29) is 11.5 Å². The van der Waals surface area contributed by atoms with Crippen LogP contribution in [0.1, 0.15) is 31.3 Å². The molecule has 1 amide bonds. The van der Waals surface area contributed by atoms with E-state index in [1.54, 1.807) is 20.8 Å². The fourth-order valence-corrected chi connectivity index (χ4v) is 1.03. The lowest BCUT2D eigenvalue weighted by Gasteiger charge is -2.19. The van der Waals surface area contributed by atoms with Crippen molar-refractivity contribution >= 4 is 12.1 Å². The van der Waals surface area contributed by atoms with Crippen LogP contribution in [-0.2, 0) is 0 Å². The van der Waals surface area contributed by atoms with E-state index in [2.05, 4.69) is 10.1 Å². The number of rotatable bonds is 2. The first-order valence-electron chi connectivity index (χ1n) is 4.60. The van der Waals surface area contributed by atoms with E-state index in [1.807, 2.05) is 0 Å². The molecule has 1 rings (SSSR count). The zero-order valence-electron chi connectivity index (χ0n) is 9.23. The lowest BCUT2D eigenvalue weighted by Crippen LogP contribution is -2.40. The highest BCUT2D eigenvalue weighted by Gasteiger charge is 2.22. The number of amides is 1. The molecule has 2 N–H and O–H groups in total. The molecule has 0 bridgehead atoms. The summed E-state index contributed by atoms with van der Waals surface area (Å²) in [5.74, 6) is -0.791. The zero-order valence-corrected chi connectivity index (χ0v) is 9.23. The predicted molar refractivity (Wildman–Crippen MR) is 54.6 cm³/mol. The van der Waals surface area contributed by atoms with Gasteiger partial charge >= 0.3 is 6.16 Å². The number of ether oxygens (including phenoxy) is 1. The maximum absolute atomic E-state index is 11.6. The maximum atomic E-state index is 11.6. The van der Waals surface area contributed by atoms with Crippen LogP contribution < -0.4 is 10.1 Å². The zero-order chi connectivity index (χ0) is 12.3. The Hall–Kier alpha value is -1.98. The quantitative estimate of drug-likeness (QED) is 0.753. The van der Waals surface area contributed by atoms with Gasteiger partial charge in [-0.1, -0.05) is 0 Å². The highest BCUT2D eigenvalue weighted by Crippen LogP contribution is 2.20. The number of carbonyl (C=O) groups is 2. The minimum atomic E-state index is -1.49. The van der Waals surface area contributed by atoms with Gasteiger partial charge in [0.15, 0.2) is 5.75 Å². The Morgan fingerprint density at radius 2 is 2.06 bits per heavy atom. The third kappa shape index (κ3) is 3.30. The van der Waals surface area contributed by atoms with Crippen molar-refractivity contribution in [2.24, 2.45) is 0 Å². The van der Waals surface area contributed by atoms with E-state index in [0.29, 0.717) is 0 Å². The van der Waals surface area contributed by atoms with Crippen molar-refractivity contribution in [3.05, 3.63) is 18.1 Å². The first-order valence-corrected chi connectivity index (χ1v) is 4.60. The van der Waals surface area contributed by atoms with Gasteiger partial charge < -0.3 is 19.6 Å². The number of furan rings is 1. The van der Waals surface area contributed by atoms with Gasteiger partial charge in [-0.15, -0.1) is 0 Å². The molecule has 0 unspecified atom stereocenters. The molecule has 0 radical (unpaired) electrons. The van der Waals surface area contributed by atoms with Crippen molar-refractivity contribution in [2.45, 2.75) is 26.3 Å². The lowest BCUT2D eigenvalue weighted by atomic mass is 10.1. The molecule has 16 heavy (non-hydrogen) atoms. The summed E-state index contributed by atoms with van der Waals surface area (Å²) in [6.07, 6.45) is -0.304. The van der Waals surface area contributed by atoms with Gasteiger partial charge in [-0.3, -0.25) is 4.79 Å². The second-order valence-electron chi connectivity index (χ2n) is 4.19. The molecule has 1 aromatic rings. The Morgan fingerprint density at radius 3 is 2.56 bits per heavy atom. The molecule has 88 valence electrons. The van der Waals surface area contributed by atoms with E-state index < -0.39 is 17.6 Å². The van der Waals surface area contributed by atoms with Gasteiger partial charge in [0.25, 0.3) is 5.91 Å². The Morgan fingerprint density at radius 1 is 1.44 bits per heavy atom. The van der Waals surface area contributed by atoms with Crippen molar-refractivity contribution < 1.29 is 23.8 Å². The highest BCUT2D eigenvalue weighted by atomic mass is 16.7. The average Bonchev–Trinajstić information content (AvgIpc) is 2.47. The molecule has 1 heterocycles. The number of hydrogen-bond donors (Lipinski definition) is 2. The van der Waals surface area contributed by atoms with E-state index in [1.165, 1.54) is 12.3 Å². The Kier molecular flexibility index (Phi) is 3.22. The van der Waals surface area contributed by atoms with Gasteiger partial charge in [-0.25, -0.2) is 4.79 Å². The summed E-state index contributed by atoms with van der Waals surface area (Å²) in [6, 6.07) is 1.27. The minimum Gasteiger partial charge on any atom is -0.455 e. The third-order valence-electron chi connectivity index (χ3n) is 1.52. The van der Waals surface area contributed by atoms with Crippen molar-refractivity contribution in [3.8, 4) is 5.75 Å². The monoisotopic (exact) mass is 227 g/mol. The topological polar surface area (TPSA) is 88.8 Å². The first kappa shape index (κ1) is 12.1. The number of carboxylic acid groups (broad SMARTS) is 1. The summed E-state index contributed by atoms with van der Waals surface area (Å²) in [6.45, 7) is 5.39. The third-order valence-corrected chi connectivity index (χ3v) is 1.52. The van der Waals surface area contributed by atoms with Crippen molar-refractivity contribution in [1.29, 1.82) is 0 Å². The molecule has 6 nitrogen and oxygen atoms in total. The first-order chi connectivity index (χ1) is 7.29. The lowest BCUT2D eigenvalue weighted by molar-refractivity contribution is 0.0885. The maximum Gasteiger partial charge on any atom is 0.511 e. The summed E-state index contributed by atoms with van der Waals surface area (Å²) in [5.41, 5.74) is -0.440. The number of hydrogen-bond acceptors (Lipinski definition) is 4. The molecule has 0 atom stereocenters. The van der Waals surface area contributed by atoms with Crippen LogP contribution in [0.3, 0.4) is 0 Å². The van der Waals surface area contributed by atoms with E-state index >= 15 is 0 Å². The van der Waals surface area contributed by atoms with Gasteiger partial charge in [0.1, 0.15) is 0 Å². The molecule has 0 fully saturated rings. The molecule has 0 aromatic carbocycles. The van der Waals surface area contributed by atoms with Gasteiger partial charge in [0.05, 0.1) is 6.26 Å². The van der Waals surface area contributed by atoms with Crippen LogP contribution in [0.4, 0.5) is 4.79 Å². The Balaban J connectivity index is 2.84. The van der Waals surface area contributed by atoms with E-state index in [9.17, 15) is 9.59 Å². The second-order valence-corrected chi connectivity index (χ2v) is 4.19. The van der Waals surface area contributed by atoms with Gasteiger partial charge in [0.2, 0.25) is 5.76 Å². The normalized spacial score (nSPS) is 10.9. The van der Waals surface area contributed by atoms with Gasteiger partial charge in [-0.05, 0) is 20.8 Å². The molecular formula is C10H13NO5. The SMILES string of the molecule is CC(C)(C)NC(=O)c1occc1OC(=O)O. The van der Waals surface area contributed by atoms with Gasteiger partial charge in [0, 0.05) is 11.6 Å². The molecular weight excluding hydrogens is 214 g/mol. The summed E-state index contributed by atoms with van der Waals surface area (Å²) in [7, 11) is 0. The average molecular weight is 227 g/mol. The summed E-state index contributed by atoms with van der Waals surface area (Å²) < 4.78 is 9.26. The summed E-state index contributed by atoms with van der Waals surface area (Å²) in [5, 5.41) is 11.1. The molecule has 0 aliphatic rings. The largest absolute Gasteiger partial charge is 0.511 e. The fourth-order valence-electron chi connectivity index (χ4n) is 1.03. The Bertz CT molecular complexity index is 402. The number of nitrogens with one attached hydrogen (secondary N) is 1. The Labute approximate surface area is 92.2 Å².